The van der Waals surface area contributed by atoms with Crippen LogP contribution in [0.2, 0.25) is 0 Å². The maximum atomic E-state index is 12.8. The Bertz CT molecular complexity index is 928. The molecule has 0 amide bonds. The number of benzene rings is 1. The number of nitrogens with zero attached hydrogens (tertiary/aromatic N) is 2. The van der Waals surface area contributed by atoms with Crippen molar-refractivity contribution in [2.45, 2.75) is 38.7 Å². The number of rotatable bonds is 6. The predicted molar refractivity (Wildman–Crippen MR) is 110 cm³/mol. The molecule has 3 heterocycles. The Morgan fingerprint density at radius 1 is 1.19 bits per heavy atom. The summed E-state index contributed by atoms with van der Waals surface area (Å²) in [4.78, 5) is 5.86. The summed E-state index contributed by atoms with van der Waals surface area (Å²) in [5.41, 5.74) is 2.07. The highest BCUT2D eigenvalue weighted by Gasteiger charge is 2.33. The molecule has 168 valence electrons. The minimum Gasteiger partial charge on any atom is -0.487 e. The SMILES string of the molecule is CC1(C)Cc2cc(NCOCc3cccc(C(F)(F)F)n3)c(N3CCOCC3)cc2O1. The fourth-order valence-electron chi connectivity index (χ4n) is 3.85. The van der Waals surface area contributed by atoms with Crippen LogP contribution in [0.3, 0.4) is 0 Å². The highest BCUT2D eigenvalue weighted by molar-refractivity contribution is 5.74. The first-order chi connectivity index (χ1) is 14.7. The maximum Gasteiger partial charge on any atom is 0.433 e. The van der Waals surface area contributed by atoms with Gasteiger partial charge in [-0.1, -0.05) is 6.07 Å². The number of ether oxygens (including phenoxy) is 3. The van der Waals surface area contributed by atoms with E-state index in [0.29, 0.717) is 13.2 Å². The third kappa shape index (κ3) is 5.22. The van der Waals surface area contributed by atoms with Gasteiger partial charge in [-0.25, -0.2) is 4.98 Å². The lowest BCUT2D eigenvalue weighted by molar-refractivity contribution is -0.141. The summed E-state index contributed by atoms with van der Waals surface area (Å²) in [5.74, 6) is 0.881. The summed E-state index contributed by atoms with van der Waals surface area (Å²) in [6.07, 6.45) is -3.67. The highest BCUT2D eigenvalue weighted by Crippen LogP contribution is 2.41. The molecule has 0 unspecified atom stereocenters. The van der Waals surface area contributed by atoms with Gasteiger partial charge in [0.2, 0.25) is 0 Å². The molecule has 0 bridgehead atoms. The van der Waals surface area contributed by atoms with E-state index in [4.69, 9.17) is 14.2 Å². The summed E-state index contributed by atoms with van der Waals surface area (Å²) in [5, 5.41) is 3.27. The smallest absolute Gasteiger partial charge is 0.433 e. The first-order valence-electron chi connectivity index (χ1n) is 10.2. The predicted octanol–water partition coefficient (Wildman–Crippen LogP) is 4.24. The van der Waals surface area contributed by atoms with Crippen molar-refractivity contribution in [2.24, 2.45) is 0 Å². The van der Waals surface area contributed by atoms with Crippen LogP contribution in [-0.2, 0) is 28.7 Å². The molecule has 1 saturated heterocycles. The maximum absolute atomic E-state index is 12.8. The van der Waals surface area contributed by atoms with Crippen LogP contribution in [0.15, 0.2) is 30.3 Å². The van der Waals surface area contributed by atoms with E-state index in [1.807, 2.05) is 6.07 Å². The first kappa shape index (κ1) is 21.7. The summed E-state index contributed by atoms with van der Waals surface area (Å²) in [7, 11) is 0. The number of alkyl halides is 3. The molecule has 0 radical (unpaired) electrons. The first-order valence-corrected chi connectivity index (χ1v) is 10.2. The monoisotopic (exact) mass is 437 g/mol. The van der Waals surface area contributed by atoms with Gasteiger partial charge in [0.05, 0.1) is 36.9 Å². The van der Waals surface area contributed by atoms with Gasteiger partial charge in [-0.2, -0.15) is 13.2 Å². The molecule has 2 aromatic rings. The zero-order chi connectivity index (χ0) is 22.1. The van der Waals surface area contributed by atoms with Crippen molar-refractivity contribution < 1.29 is 27.4 Å². The third-order valence-electron chi connectivity index (χ3n) is 5.24. The van der Waals surface area contributed by atoms with Crippen molar-refractivity contribution in [2.75, 3.05) is 43.3 Å². The molecule has 31 heavy (non-hydrogen) atoms. The standard InChI is InChI=1S/C22H26F3N3O3/c1-21(2)12-15-10-17(18(11-19(15)31-21)28-6-8-29-9-7-28)26-14-30-13-16-4-3-5-20(27-16)22(23,24)25/h3-5,10-11,26H,6-9,12-14H2,1-2H3. The molecule has 2 aliphatic heterocycles. The Balaban J connectivity index is 1.44. The number of nitrogens with one attached hydrogen (secondary N) is 1. The second-order valence-corrected chi connectivity index (χ2v) is 8.30. The summed E-state index contributed by atoms with van der Waals surface area (Å²) in [6, 6.07) is 7.92. The second kappa shape index (κ2) is 8.55. The van der Waals surface area contributed by atoms with Crippen LogP contribution in [0.25, 0.3) is 0 Å². The molecule has 0 aliphatic carbocycles. The number of hydrogen-bond acceptors (Lipinski definition) is 6. The zero-order valence-corrected chi connectivity index (χ0v) is 17.6. The van der Waals surface area contributed by atoms with Crippen molar-refractivity contribution in [3.8, 4) is 5.75 Å². The molecule has 0 spiro atoms. The van der Waals surface area contributed by atoms with Crippen LogP contribution in [0.5, 0.6) is 5.75 Å². The quantitative estimate of drug-likeness (QED) is 0.539. The van der Waals surface area contributed by atoms with Crippen molar-refractivity contribution >= 4 is 11.4 Å². The molecule has 1 fully saturated rings. The average Bonchev–Trinajstić information content (AvgIpc) is 3.03. The third-order valence-corrected chi connectivity index (χ3v) is 5.24. The molecule has 1 N–H and O–H groups in total. The number of aromatic nitrogens is 1. The van der Waals surface area contributed by atoms with Crippen molar-refractivity contribution in [3.05, 3.63) is 47.3 Å². The Hall–Kier alpha value is -2.52. The molecule has 0 saturated carbocycles. The molecule has 1 aromatic carbocycles. The van der Waals surface area contributed by atoms with Crippen LogP contribution >= 0.6 is 0 Å². The van der Waals surface area contributed by atoms with Crippen LogP contribution in [0.1, 0.15) is 30.8 Å². The highest BCUT2D eigenvalue weighted by atomic mass is 19.4. The van der Waals surface area contributed by atoms with E-state index in [1.54, 1.807) is 0 Å². The molecule has 6 nitrogen and oxygen atoms in total. The van der Waals surface area contributed by atoms with Gasteiger partial charge in [0.25, 0.3) is 0 Å². The Morgan fingerprint density at radius 2 is 1.97 bits per heavy atom. The lowest BCUT2D eigenvalue weighted by Crippen LogP contribution is -2.36. The van der Waals surface area contributed by atoms with Gasteiger partial charge >= 0.3 is 6.18 Å². The van der Waals surface area contributed by atoms with Crippen molar-refractivity contribution in [1.82, 2.24) is 4.98 Å². The van der Waals surface area contributed by atoms with Crippen LogP contribution in [-0.4, -0.2) is 43.6 Å². The number of hydrogen-bond donors (Lipinski definition) is 1. The van der Waals surface area contributed by atoms with Crippen LogP contribution in [0.4, 0.5) is 24.5 Å². The molecule has 4 rings (SSSR count). The summed E-state index contributed by atoms with van der Waals surface area (Å²) in [6.45, 7) is 7.07. The lowest BCUT2D eigenvalue weighted by atomic mass is 10.0. The minimum atomic E-state index is -4.47. The largest absolute Gasteiger partial charge is 0.487 e. The Kier molecular flexibility index (Phi) is 5.98. The fraction of sp³-hybridized carbons (Fsp3) is 0.500. The molecule has 9 heteroatoms. The number of morpholine rings is 1. The number of anilines is 2. The van der Waals surface area contributed by atoms with Gasteiger partial charge in [0, 0.05) is 31.1 Å². The van der Waals surface area contributed by atoms with Gasteiger partial charge < -0.3 is 24.4 Å². The van der Waals surface area contributed by atoms with Crippen LogP contribution < -0.4 is 15.0 Å². The fourth-order valence-corrected chi connectivity index (χ4v) is 3.85. The Labute approximate surface area is 179 Å². The molecular weight excluding hydrogens is 411 g/mol. The van der Waals surface area contributed by atoms with E-state index in [1.165, 1.54) is 12.1 Å². The van der Waals surface area contributed by atoms with Crippen LogP contribution in [0, 0.1) is 0 Å². The Morgan fingerprint density at radius 3 is 2.71 bits per heavy atom. The van der Waals surface area contributed by atoms with Gasteiger partial charge in [-0.15, -0.1) is 0 Å². The number of pyridine rings is 1. The number of halogens is 3. The zero-order valence-electron chi connectivity index (χ0n) is 17.6. The summed E-state index contributed by atoms with van der Waals surface area (Å²) >= 11 is 0. The van der Waals surface area contributed by atoms with Gasteiger partial charge in [-0.05, 0) is 32.0 Å². The minimum absolute atomic E-state index is 0.0229. The average molecular weight is 437 g/mol. The van der Waals surface area contributed by atoms with Gasteiger partial charge in [0.15, 0.2) is 0 Å². The van der Waals surface area contributed by atoms with Crippen molar-refractivity contribution in [1.29, 1.82) is 0 Å². The molecular formula is C22H26F3N3O3. The molecule has 2 aliphatic rings. The topological polar surface area (TPSA) is 55.9 Å². The van der Waals surface area contributed by atoms with E-state index in [0.717, 1.165) is 48.3 Å². The lowest BCUT2D eigenvalue weighted by Gasteiger charge is -2.31. The number of fused-ring (bicyclic) bond motifs is 1. The normalized spacial score (nSPS) is 17.9. The molecule has 1 aromatic heterocycles. The van der Waals surface area contributed by atoms with Gasteiger partial charge in [0.1, 0.15) is 23.8 Å². The summed E-state index contributed by atoms with van der Waals surface area (Å²) < 4.78 is 55.6. The van der Waals surface area contributed by atoms with E-state index in [-0.39, 0.29) is 24.6 Å². The van der Waals surface area contributed by atoms with E-state index in [9.17, 15) is 13.2 Å². The van der Waals surface area contributed by atoms with Crippen molar-refractivity contribution in [3.63, 3.8) is 0 Å². The van der Waals surface area contributed by atoms with E-state index < -0.39 is 11.9 Å². The molecule has 0 atom stereocenters. The van der Waals surface area contributed by atoms with E-state index >= 15 is 0 Å². The van der Waals surface area contributed by atoms with Gasteiger partial charge in [-0.3, -0.25) is 0 Å². The second-order valence-electron chi connectivity index (χ2n) is 8.30. The van der Waals surface area contributed by atoms with E-state index in [2.05, 4.69) is 35.1 Å².